The second-order valence-corrected chi connectivity index (χ2v) is 5.63. The Bertz CT molecular complexity index is 318. The third-order valence-corrected chi connectivity index (χ3v) is 2.19. The van der Waals surface area contributed by atoms with Gasteiger partial charge in [-0.3, -0.25) is 4.98 Å². The Kier molecular flexibility index (Phi) is 4.12. The monoisotopic (exact) mass is 226 g/mol. The highest BCUT2D eigenvalue weighted by molar-refractivity contribution is 6.30. The van der Waals surface area contributed by atoms with Crippen molar-refractivity contribution in [1.29, 1.82) is 0 Å². The third kappa shape index (κ3) is 5.14. The maximum Gasteiger partial charge on any atom is 0.0558 e. The predicted octanol–water partition coefficient (Wildman–Crippen LogP) is 3.21. The van der Waals surface area contributed by atoms with Gasteiger partial charge in [0, 0.05) is 24.3 Å². The Hall–Kier alpha value is -0.600. The first-order valence-corrected chi connectivity index (χ1v) is 5.53. The van der Waals surface area contributed by atoms with Crippen LogP contribution in [0, 0.1) is 5.41 Å². The van der Waals surface area contributed by atoms with Crippen LogP contribution in [-0.2, 0) is 6.54 Å². The molecule has 0 aliphatic carbocycles. The van der Waals surface area contributed by atoms with Gasteiger partial charge < -0.3 is 4.90 Å². The lowest BCUT2D eigenvalue weighted by molar-refractivity contribution is 0.219. The number of hydrogen-bond donors (Lipinski definition) is 0. The highest BCUT2D eigenvalue weighted by atomic mass is 35.5. The lowest BCUT2D eigenvalue weighted by Crippen LogP contribution is -2.29. The maximum absolute atomic E-state index is 5.90. The van der Waals surface area contributed by atoms with Gasteiger partial charge in [-0.05, 0) is 24.6 Å². The summed E-state index contributed by atoms with van der Waals surface area (Å²) in [4.78, 5) is 6.55. The first-order chi connectivity index (χ1) is 6.87. The molecular weight excluding hydrogens is 208 g/mol. The van der Waals surface area contributed by atoms with Crippen LogP contribution in [0.3, 0.4) is 0 Å². The Morgan fingerprint density at radius 2 is 2.07 bits per heavy atom. The number of nitrogens with zero attached hydrogens (tertiary/aromatic N) is 2. The number of pyridine rings is 1. The number of halogens is 1. The van der Waals surface area contributed by atoms with Crippen molar-refractivity contribution in [3.63, 3.8) is 0 Å². The summed E-state index contributed by atoms with van der Waals surface area (Å²) < 4.78 is 0. The van der Waals surface area contributed by atoms with Gasteiger partial charge in [0.25, 0.3) is 0 Å². The topological polar surface area (TPSA) is 16.1 Å². The lowest BCUT2D eigenvalue weighted by Gasteiger charge is -2.26. The summed E-state index contributed by atoms with van der Waals surface area (Å²) in [6.07, 6.45) is 1.75. The van der Waals surface area contributed by atoms with Crippen LogP contribution in [0.2, 0.25) is 5.02 Å². The van der Waals surface area contributed by atoms with Crippen LogP contribution >= 0.6 is 11.6 Å². The van der Waals surface area contributed by atoms with Crippen molar-refractivity contribution >= 4 is 11.6 Å². The molecule has 1 rings (SSSR count). The average molecular weight is 227 g/mol. The average Bonchev–Trinajstić information content (AvgIpc) is 1.99. The second-order valence-electron chi connectivity index (χ2n) is 5.20. The molecule has 0 unspecified atom stereocenters. The van der Waals surface area contributed by atoms with Crippen LogP contribution in [-0.4, -0.2) is 23.5 Å². The number of aromatic nitrogens is 1. The molecular formula is C12H19ClN2. The van der Waals surface area contributed by atoms with Gasteiger partial charge in [0.1, 0.15) is 0 Å². The van der Waals surface area contributed by atoms with Gasteiger partial charge in [0.05, 0.1) is 5.69 Å². The van der Waals surface area contributed by atoms with Crippen molar-refractivity contribution in [2.24, 2.45) is 5.41 Å². The Balaban J connectivity index is 2.55. The summed E-state index contributed by atoms with van der Waals surface area (Å²) in [6, 6.07) is 3.72. The molecule has 1 heterocycles. The standard InChI is InChI=1S/C12H19ClN2/c1-12(2,3)9-15(4)8-11-7-10(13)5-6-14-11/h5-7H,8-9H2,1-4H3. The fourth-order valence-electron chi connectivity index (χ4n) is 1.68. The minimum Gasteiger partial charge on any atom is -0.300 e. The lowest BCUT2D eigenvalue weighted by atomic mass is 9.96. The van der Waals surface area contributed by atoms with E-state index in [4.69, 9.17) is 11.6 Å². The minimum atomic E-state index is 0.313. The first-order valence-electron chi connectivity index (χ1n) is 5.16. The van der Waals surface area contributed by atoms with Crippen molar-refractivity contribution in [2.75, 3.05) is 13.6 Å². The normalized spacial score (nSPS) is 12.1. The molecule has 1 aromatic rings. The molecule has 0 amide bonds. The van der Waals surface area contributed by atoms with Crippen LogP contribution in [0.5, 0.6) is 0 Å². The van der Waals surface area contributed by atoms with E-state index in [1.165, 1.54) is 0 Å². The third-order valence-electron chi connectivity index (χ3n) is 1.95. The van der Waals surface area contributed by atoms with Crippen molar-refractivity contribution in [2.45, 2.75) is 27.3 Å². The van der Waals surface area contributed by atoms with Crippen LogP contribution in [0.4, 0.5) is 0 Å². The second kappa shape index (κ2) is 4.95. The summed E-state index contributed by atoms with van der Waals surface area (Å²) in [5, 5.41) is 0.754. The molecule has 0 radical (unpaired) electrons. The summed E-state index contributed by atoms with van der Waals surface area (Å²) in [7, 11) is 2.10. The van der Waals surface area contributed by atoms with Gasteiger partial charge in [0.15, 0.2) is 0 Å². The van der Waals surface area contributed by atoms with Gasteiger partial charge >= 0.3 is 0 Å². The molecule has 3 heteroatoms. The van der Waals surface area contributed by atoms with Gasteiger partial charge in [-0.25, -0.2) is 0 Å². The van der Waals surface area contributed by atoms with Crippen molar-refractivity contribution in [3.8, 4) is 0 Å². The Labute approximate surface area is 97.3 Å². The summed E-state index contributed by atoms with van der Waals surface area (Å²) >= 11 is 5.90. The highest BCUT2D eigenvalue weighted by Gasteiger charge is 2.13. The van der Waals surface area contributed by atoms with E-state index in [0.717, 1.165) is 23.8 Å². The minimum absolute atomic E-state index is 0.313. The van der Waals surface area contributed by atoms with Gasteiger partial charge in [0.2, 0.25) is 0 Å². The summed E-state index contributed by atoms with van der Waals surface area (Å²) in [5.74, 6) is 0. The van der Waals surface area contributed by atoms with Crippen molar-refractivity contribution in [1.82, 2.24) is 9.88 Å². The van der Waals surface area contributed by atoms with Crippen molar-refractivity contribution in [3.05, 3.63) is 29.0 Å². The largest absolute Gasteiger partial charge is 0.300 e. The van der Waals surface area contributed by atoms with E-state index in [-0.39, 0.29) is 0 Å². The molecule has 0 aromatic carbocycles. The van der Waals surface area contributed by atoms with Crippen LogP contribution < -0.4 is 0 Å². The molecule has 0 spiro atoms. The molecule has 2 nitrogen and oxygen atoms in total. The zero-order valence-corrected chi connectivity index (χ0v) is 10.7. The first kappa shape index (κ1) is 12.5. The fraction of sp³-hybridized carbons (Fsp3) is 0.583. The molecule has 0 bridgehead atoms. The van der Waals surface area contributed by atoms with Gasteiger partial charge in [-0.2, -0.15) is 0 Å². The number of rotatable bonds is 3. The molecule has 0 aliphatic rings. The van der Waals surface area contributed by atoms with Crippen LogP contribution in [0.15, 0.2) is 18.3 Å². The van der Waals surface area contributed by atoms with E-state index in [1.807, 2.05) is 6.07 Å². The van der Waals surface area contributed by atoms with Crippen LogP contribution in [0.1, 0.15) is 26.5 Å². The van der Waals surface area contributed by atoms with Crippen LogP contribution in [0.25, 0.3) is 0 Å². The van der Waals surface area contributed by atoms with E-state index in [2.05, 4.69) is 37.7 Å². The Morgan fingerprint density at radius 1 is 1.40 bits per heavy atom. The molecule has 0 saturated carbocycles. The number of hydrogen-bond acceptors (Lipinski definition) is 2. The molecule has 0 N–H and O–H groups in total. The SMILES string of the molecule is CN(Cc1cc(Cl)ccn1)CC(C)(C)C. The predicted molar refractivity (Wildman–Crippen MR) is 65.0 cm³/mol. The molecule has 15 heavy (non-hydrogen) atoms. The quantitative estimate of drug-likeness (QED) is 0.787. The Morgan fingerprint density at radius 3 is 2.60 bits per heavy atom. The van der Waals surface area contributed by atoms with E-state index < -0.39 is 0 Å². The van der Waals surface area contributed by atoms with E-state index in [0.29, 0.717) is 5.41 Å². The molecule has 0 atom stereocenters. The molecule has 0 fully saturated rings. The van der Waals surface area contributed by atoms with Gasteiger partial charge in [-0.15, -0.1) is 0 Å². The van der Waals surface area contributed by atoms with Gasteiger partial charge in [-0.1, -0.05) is 32.4 Å². The summed E-state index contributed by atoms with van der Waals surface area (Å²) in [6.45, 7) is 8.58. The summed E-state index contributed by atoms with van der Waals surface area (Å²) in [5.41, 5.74) is 1.34. The van der Waals surface area contributed by atoms with Crippen molar-refractivity contribution < 1.29 is 0 Å². The smallest absolute Gasteiger partial charge is 0.0558 e. The molecule has 1 aromatic heterocycles. The van der Waals surface area contributed by atoms with E-state index >= 15 is 0 Å². The molecule has 84 valence electrons. The fourth-order valence-corrected chi connectivity index (χ4v) is 1.86. The zero-order chi connectivity index (χ0) is 11.5. The van der Waals surface area contributed by atoms with E-state index in [9.17, 15) is 0 Å². The molecule has 0 aliphatic heterocycles. The maximum atomic E-state index is 5.90. The highest BCUT2D eigenvalue weighted by Crippen LogP contribution is 2.16. The zero-order valence-electron chi connectivity index (χ0n) is 9.92. The molecule has 0 saturated heterocycles. The van der Waals surface area contributed by atoms with E-state index in [1.54, 1.807) is 12.3 Å².